The SMILES string of the molecule is COc1cc2c(cc1OC)CN(C(=O)[C@@H]1[C@H]3C(=O)O[C@H](c4ccccc4)[C@H](c4ccccc4)N3[C@H](c3ccc(OCCO)cc3)[C@@]13C(=O)N(C(=O)N[C@H](C)c1ccccc1)c1ccc(C#CCN(C)Cc4ccccc4)cc13)CC2. The first kappa shape index (κ1) is 53.3. The highest BCUT2D eigenvalue weighted by molar-refractivity contribution is 6.24. The van der Waals surface area contributed by atoms with Crippen LogP contribution in [-0.4, -0.2) is 97.2 Å². The normalized spacial score (nSPS) is 21.4. The molecule has 0 saturated carbocycles. The van der Waals surface area contributed by atoms with Crippen LogP contribution in [0.3, 0.4) is 0 Å². The third-order valence-corrected chi connectivity index (χ3v) is 16.0. The van der Waals surface area contributed by atoms with Gasteiger partial charge in [-0.15, -0.1) is 0 Å². The Balaban J connectivity index is 1.16. The minimum atomic E-state index is -2.02. The number of methoxy groups -OCH3 is 2. The molecule has 4 amide bonds. The number of carbonyl (C=O) groups is 4. The van der Waals surface area contributed by atoms with Crippen LogP contribution in [-0.2, 0) is 44.0 Å². The molecule has 4 heterocycles. The number of aliphatic hydroxyl groups is 1. The molecule has 4 aliphatic rings. The Kier molecular flexibility index (Phi) is 15.3. The molecule has 1 spiro atoms. The zero-order chi connectivity index (χ0) is 55.5. The summed E-state index contributed by atoms with van der Waals surface area (Å²) in [6.45, 7) is 3.13. The zero-order valence-electron chi connectivity index (χ0n) is 45.2. The van der Waals surface area contributed by atoms with Crippen LogP contribution in [0.4, 0.5) is 10.5 Å². The number of rotatable bonds is 14. The third kappa shape index (κ3) is 9.82. The van der Waals surface area contributed by atoms with Crippen molar-refractivity contribution in [3.63, 3.8) is 0 Å². The molecular formula is C66H63N5O9. The van der Waals surface area contributed by atoms with E-state index in [1.807, 2.05) is 158 Å². The van der Waals surface area contributed by atoms with Gasteiger partial charge in [-0.3, -0.25) is 24.2 Å². The molecule has 2 saturated heterocycles. The largest absolute Gasteiger partial charge is 0.493 e. The molecule has 14 heteroatoms. The number of esters is 1. The minimum Gasteiger partial charge on any atom is -0.493 e. The topological polar surface area (TPSA) is 150 Å². The Morgan fingerprint density at radius 2 is 1.41 bits per heavy atom. The summed E-state index contributed by atoms with van der Waals surface area (Å²) < 4.78 is 24.1. The number of benzene rings is 7. The molecule has 2 N–H and O–H groups in total. The first-order valence-corrected chi connectivity index (χ1v) is 27.0. The van der Waals surface area contributed by atoms with Crippen molar-refractivity contribution in [2.75, 3.05) is 52.5 Å². The van der Waals surface area contributed by atoms with E-state index in [4.69, 9.17) is 18.9 Å². The number of aliphatic hydroxyl groups excluding tert-OH is 1. The molecule has 7 aromatic rings. The molecule has 14 nitrogen and oxygen atoms in total. The number of hydrogen-bond acceptors (Lipinski definition) is 11. The molecule has 4 aliphatic heterocycles. The average molecular weight is 1070 g/mol. The minimum absolute atomic E-state index is 0.0407. The van der Waals surface area contributed by atoms with Gasteiger partial charge in [-0.05, 0) is 107 Å². The number of cyclic esters (lactones) is 1. The number of amides is 4. The average Bonchev–Trinajstić information content (AvgIpc) is 1.91. The lowest BCUT2D eigenvalue weighted by Crippen LogP contribution is -2.57. The number of imide groups is 1. The van der Waals surface area contributed by atoms with Crippen molar-refractivity contribution < 1.29 is 43.2 Å². The van der Waals surface area contributed by atoms with Gasteiger partial charge in [0.05, 0.1) is 57.1 Å². The summed E-state index contributed by atoms with van der Waals surface area (Å²) in [6.07, 6.45) is -0.476. The Hall–Kier alpha value is -8.74. The van der Waals surface area contributed by atoms with Crippen molar-refractivity contribution in [2.45, 2.75) is 62.1 Å². The number of nitrogens with one attached hydrogen (secondary N) is 1. The predicted octanol–water partition coefficient (Wildman–Crippen LogP) is 9.28. The van der Waals surface area contributed by atoms with E-state index in [1.54, 1.807) is 43.4 Å². The van der Waals surface area contributed by atoms with Gasteiger partial charge in [0.15, 0.2) is 11.5 Å². The number of carbonyl (C=O) groups excluding carboxylic acids is 4. The summed E-state index contributed by atoms with van der Waals surface area (Å²) >= 11 is 0. The molecule has 0 radical (unpaired) electrons. The van der Waals surface area contributed by atoms with Gasteiger partial charge in [-0.25, -0.2) is 9.69 Å². The number of anilines is 1. The summed E-state index contributed by atoms with van der Waals surface area (Å²) in [7, 11) is 5.14. The van der Waals surface area contributed by atoms with E-state index in [-0.39, 0.29) is 32.0 Å². The lowest BCUT2D eigenvalue weighted by molar-refractivity contribution is -0.179. The molecule has 11 rings (SSSR count). The van der Waals surface area contributed by atoms with Gasteiger partial charge in [0.1, 0.15) is 29.9 Å². The quantitative estimate of drug-likeness (QED) is 0.0793. The Morgan fingerprint density at radius 3 is 2.08 bits per heavy atom. The predicted molar refractivity (Wildman–Crippen MR) is 303 cm³/mol. The first-order valence-electron chi connectivity index (χ1n) is 27.0. The van der Waals surface area contributed by atoms with E-state index < -0.39 is 65.4 Å². The molecule has 7 atom stereocenters. The van der Waals surface area contributed by atoms with E-state index in [0.717, 1.165) is 27.8 Å². The van der Waals surface area contributed by atoms with E-state index in [0.29, 0.717) is 59.0 Å². The van der Waals surface area contributed by atoms with Crippen molar-refractivity contribution in [2.24, 2.45) is 5.92 Å². The van der Waals surface area contributed by atoms with Crippen LogP contribution in [0.2, 0.25) is 0 Å². The van der Waals surface area contributed by atoms with Gasteiger partial charge in [-0.2, -0.15) is 0 Å². The van der Waals surface area contributed by atoms with Crippen LogP contribution in [0.25, 0.3) is 0 Å². The second-order valence-corrected chi connectivity index (χ2v) is 20.8. The summed E-state index contributed by atoms with van der Waals surface area (Å²) in [6, 6.07) is 50.7. The fraction of sp³-hybridized carbons (Fsp3) is 0.273. The highest BCUT2D eigenvalue weighted by Gasteiger charge is 2.76. The molecule has 0 aromatic heterocycles. The molecule has 7 aromatic carbocycles. The maximum absolute atomic E-state index is 17.1. The van der Waals surface area contributed by atoms with Crippen molar-refractivity contribution in [3.8, 4) is 29.1 Å². The van der Waals surface area contributed by atoms with Crippen LogP contribution in [0, 0.1) is 17.8 Å². The lowest BCUT2D eigenvalue weighted by atomic mass is 9.64. The van der Waals surface area contributed by atoms with Gasteiger partial charge in [0.25, 0.3) is 0 Å². The van der Waals surface area contributed by atoms with Crippen LogP contribution >= 0.6 is 0 Å². The molecule has 0 bridgehead atoms. The van der Waals surface area contributed by atoms with Gasteiger partial charge < -0.3 is 34.3 Å². The second kappa shape index (κ2) is 22.9. The van der Waals surface area contributed by atoms with Gasteiger partial charge in [-0.1, -0.05) is 145 Å². The maximum atomic E-state index is 17.1. The zero-order valence-corrected chi connectivity index (χ0v) is 45.2. The second-order valence-electron chi connectivity index (χ2n) is 20.8. The van der Waals surface area contributed by atoms with Crippen molar-refractivity contribution in [1.29, 1.82) is 0 Å². The van der Waals surface area contributed by atoms with Crippen molar-refractivity contribution in [3.05, 3.63) is 226 Å². The van der Waals surface area contributed by atoms with E-state index in [2.05, 4.69) is 34.2 Å². The highest BCUT2D eigenvalue weighted by Crippen LogP contribution is 2.66. The first-order chi connectivity index (χ1) is 39.0. The summed E-state index contributed by atoms with van der Waals surface area (Å²) in [5.74, 6) is 4.92. The summed E-state index contributed by atoms with van der Waals surface area (Å²) in [5, 5.41) is 12.9. The lowest BCUT2D eigenvalue weighted by Gasteiger charge is -2.46. The Morgan fingerprint density at radius 1 is 0.775 bits per heavy atom. The van der Waals surface area contributed by atoms with Gasteiger partial charge in [0, 0.05) is 25.2 Å². The Bertz CT molecular complexity index is 3460. The number of ether oxygens (including phenoxy) is 4. The van der Waals surface area contributed by atoms with E-state index in [1.165, 1.54) is 4.90 Å². The van der Waals surface area contributed by atoms with Gasteiger partial charge in [0.2, 0.25) is 11.8 Å². The molecule has 80 heavy (non-hydrogen) atoms. The number of nitrogens with zero attached hydrogens (tertiary/aromatic N) is 4. The number of urea groups is 1. The highest BCUT2D eigenvalue weighted by atomic mass is 16.6. The van der Waals surface area contributed by atoms with E-state index in [9.17, 15) is 5.11 Å². The smallest absolute Gasteiger partial charge is 0.329 e. The monoisotopic (exact) mass is 1070 g/mol. The molecule has 0 unspecified atom stereocenters. The summed E-state index contributed by atoms with van der Waals surface area (Å²) in [4.78, 5) is 72.2. The van der Waals surface area contributed by atoms with Crippen molar-refractivity contribution in [1.82, 2.24) is 20.0 Å². The molecule has 2 fully saturated rings. The standard InChI is InChI=1S/C66H63N5O9/c1-43(46-21-11-6-12-22-46)67-65(76)70-54-32-27-44(20-17-34-68(2)41-45-18-9-5-10-19-45)38-53(54)66(64(70)75)57(62(73)69-35-33-50-39-55(77-3)56(78-4)40-51(50)42-69)59-63(74)80-60(48-25-15-8-16-26-48)58(47-23-13-7-14-24-47)71(59)61(66)49-28-30-52(31-29-49)79-37-36-72/h5-16,18-19,21-32,38-40,43,57-61,72H,33-37,41-42H2,1-4H3,(H,67,76)/t43-,57+,58+,59+,60-,61-,66+/m1/s1. The van der Waals surface area contributed by atoms with Gasteiger partial charge >= 0.3 is 12.0 Å². The van der Waals surface area contributed by atoms with Crippen LogP contribution in [0.5, 0.6) is 17.2 Å². The third-order valence-electron chi connectivity index (χ3n) is 16.0. The molecular weight excluding hydrogens is 1010 g/mol. The number of morpholine rings is 1. The molecule has 406 valence electrons. The van der Waals surface area contributed by atoms with E-state index >= 15 is 19.2 Å². The fourth-order valence-corrected chi connectivity index (χ4v) is 12.4. The van der Waals surface area contributed by atoms with Crippen LogP contribution in [0.1, 0.15) is 81.2 Å². The number of hydrogen-bond donors (Lipinski definition) is 2. The number of fused-ring (bicyclic) bond motifs is 4. The van der Waals surface area contributed by atoms with Crippen LogP contribution < -0.4 is 24.4 Å². The summed E-state index contributed by atoms with van der Waals surface area (Å²) in [5.41, 5.74) is 4.96. The van der Waals surface area contributed by atoms with Crippen molar-refractivity contribution >= 4 is 29.5 Å². The van der Waals surface area contributed by atoms with Crippen LogP contribution in [0.15, 0.2) is 176 Å². The Labute approximate surface area is 466 Å². The fourth-order valence-electron chi connectivity index (χ4n) is 12.4. The maximum Gasteiger partial charge on any atom is 0.329 e. The molecule has 0 aliphatic carbocycles.